The van der Waals surface area contributed by atoms with E-state index in [2.05, 4.69) is 15.8 Å². The van der Waals surface area contributed by atoms with Crippen LogP contribution in [0.3, 0.4) is 0 Å². The molecule has 0 bridgehead atoms. The van der Waals surface area contributed by atoms with Crippen molar-refractivity contribution >= 4 is 33.4 Å². The van der Waals surface area contributed by atoms with Gasteiger partial charge in [-0.15, -0.1) is 0 Å². The Morgan fingerprint density at radius 3 is 2.04 bits per heavy atom. The van der Waals surface area contributed by atoms with Crippen LogP contribution in [0.5, 0.6) is 0 Å². The molecule has 0 aliphatic heterocycles. The minimum absolute atomic E-state index is 0.0602. The Kier molecular flexibility index (Phi) is 10.6. The summed E-state index contributed by atoms with van der Waals surface area (Å²) < 4.78 is 31.2. The van der Waals surface area contributed by atoms with E-state index in [9.17, 15) is 23.1 Å². The molecule has 0 fully saturated rings. The van der Waals surface area contributed by atoms with E-state index < -0.39 is 34.0 Å². The number of hydrogen-bond acceptors (Lipinski definition) is 8. The predicted molar refractivity (Wildman–Crippen MR) is 174 cm³/mol. The number of sulfonamides is 1. The number of nitrogens with zero attached hydrogens (tertiary/aromatic N) is 3. The Balaban J connectivity index is 1.63. The summed E-state index contributed by atoms with van der Waals surface area (Å²) >= 11 is 0. The number of aliphatic hydroxyl groups excluding tert-OH is 1. The van der Waals surface area contributed by atoms with Gasteiger partial charge in [-0.3, -0.25) is 13.9 Å². The van der Waals surface area contributed by atoms with Crippen LogP contribution in [0.4, 0.5) is 11.6 Å². The maximum Gasteiger partial charge on any atom is 0.251 e. The average Bonchev–Trinajstić information content (AvgIpc) is 3.46. The van der Waals surface area contributed by atoms with Gasteiger partial charge in [0.15, 0.2) is 0 Å². The van der Waals surface area contributed by atoms with Gasteiger partial charge in [0.1, 0.15) is 0 Å². The minimum Gasteiger partial charge on any atom is -0.389 e. The van der Waals surface area contributed by atoms with Gasteiger partial charge in [-0.05, 0) is 49.6 Å². The Hall–Kier alpha value is -4.68. The van der Waals surface area contributed by atoms with Crippen molar-refractivity contribution in [2.75, 3.05) is 36.1 Å². The highest BCUT2D eigenvalue weighted by molar-refractivity contribution is 7.92. The lowest BCUT2D eigenvalue weighted by atomic mass is 9.99. The van der Waals surface area contributed by atoms with Crippen LogP contribution in [0, 0.1) is 6.92 Å². The lowest BCUT2D eigenvalue weighted by Gasteiger charge is -2.28. The zero-order chi connectivity index (χ0) is 32.7. The molecule has 238 valence electrons. The Bertz CT molecular complexity index is 1710. The van der Waals surface area contributed by atoms with E-state index in [1.54, 1.807) is 24.9 Å². The first-order chi connectivity index (χ1) is 21.3. The molecule has 3 N–H and O–H groups in total. The van der Waals surface area contributed by atoms with Crippen molar-refractivity contribution in [3.8, 4) is 0 Å². The van der Waals surface area contributed by atoms with Crippen LogP contribution in [-0.4, -0.2) is 69.5 Å². The summed E-state index contributed by atoms with van der Waals surface area (Å²) in [6, 6.07) is 23.7. The second-order valence-corrected chi connectivity index (χ2v) is 13.1. The highest BCUT2D eigenvalue weighted by atomic mass is 32.2. The molecule has 4 aromatic rings. The molecule has 2 amide bonds. The standard InChI is InChI=1S/C33H39N5O6S/c1-22-16-31(44-36-22)37(3)21-30(39)29(17-24-12-8-6-9-13-24)35-33(41)27-18-26(19-28(20-27)38(4)45(5,42)43)32(40)34-23(2)25-14-10-7-11-15-25/h6-16,18-20,23,29-30,39H,17,21H2,1-5H3,(H,34,40)(H,35,41)/t23-,29+,30-/m1/s1. The van der Waals surface area contributed by atoms with E-state index in [0.717, 1.165) is 21.7 Å². The van der Waals surface area contributed by atoms with Crippen molar-refractivity contribution in [1.29, 1.82) is 0 Å². The van der Waals surface area contributed by atoms with E-state index >= 15 is 0 Å². The van der Waals surface area contributed by atoms with Gasteiger partial charge < -0.3 is 25.2 Å². The SMILES string of the molecule is Cc1cc(N(C)C[C@@H](O)[C@H](Cc2ccccc2)NC(=O)c2cc(C(=O)N[C@H](C)c3ccccc3)cc(N(C)S(C)(=O)=O)c2)on1. The molecule has 0 radical (unpaired) electrons. The molecular weight excluding hydrogens is 594 g/mol. The van der Waals surface area contributed by atoms with E-state index in [1.807, 2.05) is 67.6 Å². The highest BCUT2D eigenvalue weighted by Crippen LogP contribution is 2.23. The van der Waals surface area contributed by atoms with Crippen LogP contribution in [0.25, 0.3) is 0 Å². The van der Waals surface area contributed by atoms with Crippen LogP contribution >= 0.6 is 0 Å². The molecule has 3 aromatic carbocycles. The molecule has 0 aliphatic carbocycles. The Labute approximate surface area is 263 Å². The summed E-state index contributed by atoms with van der Waals surface area (Å²) in [4.78, 5) is 28.9. The smallest absolute Gasteiger partial charge is 0.251 e. The average molecular weight is 634 g/mol. The van der Waals surface area contributed by atoms with Crippen molar-refractivity contribution in [2.24, 2.45) is 0 Å². The molecule has 0 saturated heterocycles. The molecular formula is C33H39N5O6S. The molecule has 1 aromatic heterocycles. The number of rotatable bonds is 13. The lowest BCUT2D eigenvalue weighted by Crippen LogP contribution is -2.49. The molecule has 1 heterocycles. The number of carbonyl (C=O) groups is 2. The lowest BCUT2D eigenvalue weighted by molar-refractivity contribution is 0.0842. The summed E-state index contributed by atoms with van der Waals surface area (Å²) in [5.74, 6) is -0.593. The number of likely N-dealkylation sites (N-methyl/N-ethyl adjacent to an activating group) is 1. The number of benzene rings is 3. The van der Waals surface area contributed by atoms with Crippen molar-refractivity contribution < 1.29 is 27.6 Å². The molecule has 0 aliphatic rings. The first kappa shape index (κ1) is 33.2. The third kappa shape index (κ3) is 8.93. The fraction of sp³-hybridized carbons (Fsp3) is 0.303. The summed E-state index contributed by atoms with van der Waals surface area (Å²) in [5.41, 5.74) is 2.78. The minimum atomic E-state index is -3.71. The summed E-state index contributed by atoms with van der Waals surface area (Å²) in [6.07, 6.45) is 0.304. The summed E-state index contributed by atoms with van der Waals surface area (Å²) in [7, 11) is -0.615. The monoisotopic (exact) mass is 633 g/mol. The third-order valence-corrected chi connectivity index (χ3v) is 8.69. The number of aliphatic hydroxyl groups is 1. The first-order valence-corrected chi connectivity index (χ1v) is 16.3. The summed E-state index contributed by atoms with van der Waals surface area (Å²) in [5, 5.41) is 21.1. The van der Waals surface area contributed by atoms with Crippen molar-refractivity contribution in [3.63, 3.8) is 0 Å². The van der Waals surface area contributed by atoms with Crippen LogP contribution in [0.2, 0.25) is 0 Å². The molecule has 45 heavy (non-hydrogen) atoms. The number of hydrogen-bond donors (Lipinski definition) is 3. The first-order valence-electron chi connectivity index (χ1n) is 14.4. The maximum absolute atomic E-state index is 13.8. The van der Waals surface area contributed by atoms with Crippen molar-refractivity contribution in [2.45, 2.75) is 38.5 Å². The quantitative estimate of drug-likeness (QED) is 0.202. The Morgan fingerprint density at radius 1 is 0.911 bits per heavy atom. The molecule has 4 rings (SSSR count). The van der Waals surface area contributed by atoms with Gasteiger partial charge in [-0.25, -0.2) is 8.42 Å². The zero-order valence-corrected chi connectivity index (χ0v) is 26.8. The van der Waals surface area contributed by atoms with Crippen molar-refractivity contribution in [1.82, 2.24) is 15.8 Å². The van der Waals surface area contributed by atoms with Gasteiger partial charge in [0.05, 0.1) is 35.8 Å². The van der Waals surface area contributed by atoms with Gasteiger partial charge in [-0.1, -0.05) is 65.8 Å². The molecule has 11 nitrogen and oxygen atoms in total. The van der Waals surface area contributed by atoms with E-state index in [0.29, 0.717) is 18.0 Å². The fourth-order valence-corrected chi connectivity index (χ4v) is 5.27. The molecule has 0 spiro atoms. The number of aromatic nitrogens is 1. The Morgan fingerprint density at radius 2 is 1.49 bits per heavy atom. The topological polar surface area (TPSA) is 145 Å². The van der Waals surface area contributed by atoms with Gasteiger partial charge >= 0.3 is 0 Å². The third-order valence-electron chi connectivity index (χ3n) is 7.48. The number of nitrogens with one attached hydrogen (secondary N) is 2. The summed E-state index contributed by atoms with van der Waals surface area (Å²) in [6.45, 7) is 3.75. The normalized spacial score (nSPS) is 13.4. The number of amides is 2. The fourth-order valence-electron chi connectivity index (χ4n) is 4.78. The van der Waals surface area contributed by atoms with Gasteiger partial charge in [0, 0.05) is 37.8 Å². The van der Waals surface area contributed by atoms with Gasteiger partial charge in [-0.2, -0.15) is 0 Å². The second kappa shape index (κ2) is 14.4. The van der Waals surface area contributed by atoms with Crippen molar-refractivity contribution in [3.05, 3.63) is 113 Å². The molecule has 0 saturated carbocycles. The number of carbonyl (C=O) groups excluding carboxylic acids is 2. The predicted octanol–water partition coefficient (Wildman–Crippen LogP) is 3.71. The zero-order valence-electron chi connectivity index (χ0n) is 26.0. The number of anilines is 2. The van der Waals surface area contributed by atoms with Gasteiger partial charge in [0.25, 0.3) is 11.8 Å². The van der Waals surface area contributed by atoms with Crippen LogP contribution in [0.1, 0.15) is 50.5 Å². The van der Waals surface area contributed by atoms with Gasteiger partial charge in [0.2, 0.25) is 15.9 Å². The molecule has 0 unspecified atom stereocenters. The van der Waals surface area contributed by atoms with E-state index in [1.165, 1.54) is 25.2 Å². The van der Waals surface area contributed by atoms with Crippen LogP contribution in [0.15, 0.2) is 89.5 Å². The van der Waals surface area contributed by atoms with E-state index in [-0.39, 0.29) is 29.4 Å². The molecule has 3 atom stereocenters. The maximum atomic E-state index is 13.8. The van der Waals surface area contributed by atoms with Crippen LogP contribution < -0.4 is 19.8 Å². The van der Waals surface area contributed by atoms with Crippen LogP contribution in [-0.2, 0) is 16.4 Å². The largest absolute Gasteiger partial charge is 0.389 e. The highest BCUT2D eigenvalue weighted by Gasteiger charge is 2.26. The second-order valence-electron chi connectivity index (χ2n) is 11.1. The van der Waals surface area contributed by atoms with E-state index in [4.69, 9.17) is 4.52 Å². The number of aryl methyl sites for hydroxylation is 1. The molecule has 12 heteroatoms.